The Kier molecular flexibility index (Phi) is 4.85. The van der Waals surface area contributed by atoms with E-state index in [0.717, 1.165) is 4.47 Å². The second-order valence-electron chi connectivity index (χ2n) is 4.58. The maximum Gasteiger partial charge on any atom is 0.127 e. The quantitative estimate of drug-likeness (QED) is 0.607. The average molecular weight is 382 g/mol. The zero-order valence-electron chi connectivity index (χ0n) is 11.1. The van der Waals surface area contributed by atoms with Crippen LogP contribution in [0, 0.1) is 5.82 Å². The minimum Gasteiger partial charge on any atom is -0.301 e. The molecule has 0 aliphatic heterocycles. The van der Waals surface area contributed by atoms with Gasteiger partial charge in [-0.1, -0.05) is 28.1 Å². The standard InChI is InChI=1S/C16H13BrFNS2/c17-12-5-6-13(18)11(9-12)10-19-16(14-3-1-7-20-14)15-4-2-8-21-15/h1-9,16,19H,10H2. The molecule has 5 heteroatoms. The molecular formula is C16H13BrFNS2. The van der Waals surface area contributed by atoms with Gasteiger partial charge in [0.05, 0.1) is 6.04 Å². The Labute approximate surface area is 139 Å². The van der Waals surface area contributed by atoms with E-state index in [4.69, 9.17) is 0 Å². The molecule has 108 valence electrons. The molecule has 0 fully saturated rings. The van der Waals surface area contributed by atoms with E-state index in [2.05, 4.69) is 44.1 Å². The van der Waals surface area contributed by atoms with Crippen molar-refractivity contribution in [1.29, 1.82) is 0 Å². The molecule has 0 bridgehead atoms. The van der Waals surface area contributed by atoms with Crippen molar-refractivity contribution in [2.75, 3.05) is 0 Å². The Morgan fingerprint density at radius 2 is 1.71 bits per heavy atom. The molecule has 3 aromatic rings. The summed E-state index contributed by atoms with van der Waals surface area (Å²) in [5.74, 6) is -0.179. The Morgan fingerprint density at radius 3 is 2.29 bits per heavy atom. The summed E-state index contributed by atoms with van der Waals surface area (Å²) in [6.07, 6.45) is 0. The minimum absolute atomic E-state index is 0.114. The van der Waals surface area contributed by atoms with Crippen LogP contribution in [0.3, 0.4) is 0 Å². The van der Waals surface area contributed by atoms with Gasteiger partial charge < -0.3 is 5.32 Å². The number of benzene rings is 1. The average Bonchev–Trinajstić information content (AvgIpc) is 3.16. The minimum atomic E-state index is -0.179. The van der Waals surface area contributed by atoms with Crippen molar-refractivity contribution >= 4 is 38.6 Å². The highest BCUT2D eigenvalue weighted by atomic mass is 79.9. The molecule has 3 rings (SSSR count). The Bertz CT molecular complexity index is 661. The molecule has 0 saturated carbocycles. The van der Waals surface area contributed by atoms with E-state index < -0.39 is 0 Å². The molecule has 1 aromatic carbocycles. The van der Waals surface area contributed by atoms with E-state index >= 15 is 0 Å². The normalized spacial score (nSPS) is 11.2. The van der Waals surface area contributed by atoms with Gasteiger partial charge >= 0.3 is 0 Å². The van der Waals surface area contributed by atoms with E-state index in [1.165, 1.54) is 15.8 Å². The first kappa shape index (κ1) is 14.9. The van der Waals surface area contributed by atoms with Gasteiger partial charge in [-0.05, 0) is 41.1 Å². The third-order valence-electron chi connectivity index (χ3n) is 3.16. The number of halogens is 2. The van der Waals surface area contributed by atoms with Crippen LogP contribution < -0.4 is 5.32 Å². The van der Waals surface area contributed by atoms with Crippen LogP contribution in [0.15, 0.2) is 57.7 Å². The number of nitrogens with one attached hydrogen (secondary N) is 1. The van der Waals surface area contributed by atoms with E-state index in [0.29, 0.717) is 12.1 Å². The van der Waals surface area contributed by atoms with Gasteiger partial charge in [-0.15, -0.1) is 22.7 Å². The Balaban J connectivity index is 1.81. The largest absolute Gasteiger partial charge is 0.301 e. The molecule has 1 N–H and O–H groups in total. The summed E-state index contributed by atoms with van der Waals surface area (Å²) in [6.45, 7) is 0.492. The molecule has 0 aliphatic carbocycles. The Morgan fingerprint density at radius 1 is 1.05 bits per heavy atom. The number of hydrogen-bond donors (Lipinski definition) is 1. The van der Waals surface area contributed by atoms with Crippen LogP contribution in [0.4, 0.5) is 4.39 Å². The molecular weight excluding hydrogens is 369 g/mol. The van der Waals surface area contributed by atoms with Crippen LogP contribution in [0.2, 0.25) is 0 Å². The fraction of sp³-hybridized carbons (Fsp3) is 0.125. The molecule has 0 saturated heterocycles. The van der Waals surface area contributed by atoms with Crippen LogP contribution in [0.25, 0.3) is 0 Å². The molecule has 0 radical (unpaired) electrons. The lowest BCUT2D eigenvalue weighted by Gasteiger charge is -2.16. The smallest absolute Gasteiger partial charge is 0.127 e. The van der Waals surface area contributed by atoms with Crippen molar-refractivity contribution in [3.05, 3.63) is 78.8 Å². The first-order valence-corrected chi connectivity index (χ1v) is 9.03. The van der Waals surface area contributed by atoms with Crippen molar-refractivity contribution < 1.29 is 4.39 Å². The van der Waals surface area contributed by atoms with E-state index in [-0.39, 0.29) is 11.9 Å². The number of thiophene rings is 2. The summed E-state index contributed by atoms with van der Waals surface area (Å²) in [4.78, 5) is 2.49. The van der Waals surface area contributed by atoms with Crippen molar-refractivity contribution in [3.63, 3.8) is 0 Å². The highest BCUT2D eigenvalue weighted by Gasteiger charge is 2.16. The number of hydrogen-bond acceptors (Lipinski definition) is 3. The van der Waals surface area contributed by atoms with E-state index in [1.807, 2.05) is 18.2 Å². The molecule has 2 heterocycles. The second kappa shape index (κ2) is 6.83. The van der Waals surface area contributed by atoms with Crippen LogP contribution in [-0.4, -0.2) is 0 Å². The molecule has 2 aromatic heterocycles. The fourth-order valence-electron chi connectivity index (χ4n) is 2.14. The summed E-state index contributed by atoms with van der Waals surface area (Å²) < 4.78 is 14.7. The maximum atomic E-state index is 13.8. The lowest BCUT2D eigenvalue weighted by atomic mass is 10.1. The SMILES string of the molecule is Fc1ccc(Br)cc1CNC(c1cccs1)c1cccs1. The van der Waals surface area contributed by atoms with Crippen molar-refractivity contribution in [3.8, 4) is 0 Å². The van der Waals surface area contributed by atoms with E-state index in [1.54, 1.807) is 28.7 Å². The first-order chi connectivity index (χ1) is 10.2. The highest BCUT2D eigenvalue weighted by molar-refractivity contribution is 9.10. The molecule has 0 spiro atoms. The van der Waals surface area contributed by atoms with Crippen LogP contribution >= 0.6 is 38.6 Å². The summed E-state index contributed by atoms with van der Waals surface area (Å²) in [5.41, 5.74) is 0.669. The second-order valence-corrected chi connectivity index (χ2v) is 7.45. The van der Waals surface area contributed by atoms with Gasteiger partial charge in [-0.3, -0.25) is 0 Å². The van der Waals surface area contributed by atoms with Crippen LogP contribution in [0.1, 0.15) is 21.4 Å². The van der Waals surface area contributed by atoms with Crippen LogP contribution in [-0.2, 0) is 6.54 Å². The summed E-state index contributed by atoms with van der Waals surface area (Å²) in [6, 6.07) is 13.5. The zero-order valence-corrected chi connectivity index (χ0v) is 14.3. The highest BCUT2D eigenvalue weighted by Crippen LogP contribution is 2.29. The van der Waals surface area contributed by atoms with Gasteiger partial charge in [0.2, 0.25) is 0 Å². The topological polar surface area (TPSA) is 12.0 Å². The zero-order chi connectivity index (χ0) is 14.7. The van der Waals surface area contributed by atoms with Crippen molar-refractivity contribution in [2.24, 2.45) is 0 Å². The van der Waals surface area contributed by atoms with E-state index in [9.17, 15) is 4.39 Å². The lowest BCUT2D eigenvalue weighted by Crippen LogP contribution is -2.21. The maximum absolute atomic E-state index is 13.8. The summed E-state index contributed by atoms with van der Waals surface area (Å²) in [7, 11) is 0. The van der Waals surface area contributed by atoms with Crippen molar-refractivity contribution in [1.82, 2.24) is 5.32 Å². The van der Waals surface area contributed by atoms with Gasteiger partial charge in [0.25, 0.3) is 0 Å². The fourth-order valence-corrected chi connectivity index (χ4v) is 4.26. The third-order valence-corrected chi connectivity index (χ3v) is 5.53. The van der Waals surface area contributed by atoms with Gasteiger partial charge in [-0.2, -0.15) is 0 Å². The predicted molar refractivity (Wildman–Crippen MR) is 91.4 cm³/mol. The molecule has 0 aliphatic rings. The lowest BCUT2D eigenvalue weighted by molar-refractivity contribution is 0.567. The number of rotatable bonds is 5. The van der Waals surface area contributed by atoms with Gasteiger partial charge in [0, 0.05) is 26.3 Å². The van der Waals surface area contributed by atoms with Gasteiger partial charge in [0.15, 0.2) is 0 Å². The monoisotopic (exact) mass is 381 g/mol. The molecule has 0 amide bonds. The summed E-state index contributed by atoms with van der Waals surface area (Å²) >= 11 is 6.82. The van der Waals surface area contributed by atoms with Gasteiger partial charge in [-0.25, -0.2) is 4.39 Å². The molecule has 1 nitrogen and oxygen atoms in total. The molecule has 0 atom stereocenters. The predicted octanol–water partition coefficient (Wildman–Crippen LogP) is 5.59. The third kappa shape index (κ3) is 3.61. The first-order valence-electron chi connectivity index (χ1n) is 6.48. The van der Waals surface area contributed by atoms with Gasteiger partial charge in [0.1, 0.15) is 5.82 Å². The Hall–Kier alpha value is -1.01. The van der Waals surface area contributed by atoms with Crippen molar-refractivity contribution in [2.45, 2.75) is 12.6 Å². The molecule has 21 heavy (non-hydrogen) atoms. The summed E-state index contributed by atoms with van der Waals surface area (Å²) in [5, 5.41) is 7.60. The van der Waals surface area contributed by atoms with Crippen LogP contribution in [0.5, 0.6) is 0 Å². The molecule has 0 unspecified atom stereocenters.